The minimum Gasteiger partial charge on any atom is -0.370 e. The van der Waals surface area contributed by atoms with Crippen molar-refractivity contribution in [1.29, 1.82) is 10.8 Å². The van der Waals surface area contributed by atoms with E-state index >= 15 is 0 Å². The number of hydrogen-bond acceptors (Lipinski definition) is 11. The van der Waals surface area contributed by atoms with Gasteiger partial charge in [-0.2, -0.15) is 0 Å². The summed E-state index contributed by atoms with van der Waals surface area (Å²) < 4.78 is 14.1. The van der Waals surface area contributed by atoms with Crippen molar-refractivity contribution in [2.24, 2.45) is 17.2 Å². The van der Waals surface area contributed by atoms with E-state index in [9.17, 15) is 47.5 Å². The highest BCUT2D eigenvalue weighted by Gasteiger charge is 2.40. The highest BCUT2D eigenvalue weighted by molar-refractivity contribution is 5.98. The van der Waals surface area contributed by atoms with Gasteiger partial charge in [-0.15, -0.1) is 0 Å². The molecule has 18 N–H and O–H groups in total. The normalized spacial score (nSPS) is 22.0. The molecule has 75 heavy (non-hydrogen) atoms. The first-order valence-corrected chi connectivity index (χ1v) is 24.9. The van der Waals surface area contributed by atoms with Crippen LogP contribution in [0.4, 0.5) is 4.39 Å². The summed E-state index contributed by atoms with van der Waals surface area (Å²) in [7, 11) is 0. The Hall–Kier alpha value is -8.32. The number of nitrogens with zero attached hydrogens (tertiary/aromatic N) is 1. The van der Waals surface area contributed by atoms with Gasteiger partial charge in [-0.05, 0) is 87.1 Å². The average molecular weight is 1050 g/mol. The van der Waals surface area contributed by atoms with Crippen LogP contribution in [-0.4, -0.2) is 143 Å². The molecule has 9 amide bonds. The van der Waals surface area contributed by atoms with Crippen LogP contribution in [0.15, 0.2) is 54.7 Å². The number of para-hydroxylation sites is 1. The number of carbonyl (C=O) groups excluding carboxylic acids is 9. The van der Waals surface area contributed by atoms with Gasteiger partial charge in [0.1, 0.15) is 48.1 Å². The number of rotatable bonds is 16. The third kappa shape index (κ3) is 18.0. The van der Waals surface area contributed by atoms with Gasteiger partial charge in [-0.3, -0.25) is 54.0 Å². The van der Waals surface area contributed by atoms with Gasteiger partial charge in [-0.1, -0.05) is 30.3 Å². The number of nitrogens with two attached hydrogens (primary N) is 3. The van der Waals surface area contributed by atoms with Crippen molar-refractivity contribution in [2.75, 3.05) is 26.2 Å². The second-order valence-electron chi connectivity index (χ2n) is 18.5. The molecule has 26 heteroatoms. The van der Waals surface area contributed by atoms with Crippen LogP contribution in [0.5, 0.6) is 0 Å². The van der Waals surface area contributed by atoms with Crippen molar-refractivity contribution in [1.82, 2.24) is 57.7 Å². The minimum absolute atomic E-state index is 0.00874. The lowest BCUT2D eigenvalue weighted by molar-refractivity contribution is -0.143. The first-order chi connectivity index (χ1) is 35.8. The van der Waals surface area contributed by atoms with Crippen LogP contribution in [0.1, 0.15) is 82.3 Å². The van der Waals surface area contributed by atoms with Gasteiger partial charge in [0.05, 0.1) is 0 Å². The van der Waals surface area contributed by atoms with Gasteiger partial charge in [0, 0.05) is 69.5 Å². The number of primary amides is 1. The number of nitrogens with one attached hydrogen (secondary N) is 12. The van der Waals surface area contributed by atoms with Crippen LogP contribution < -0.4 is 65.1 Å². The summed E-state index contributed by atoms with van der Waals surface area (Å²) in [5.41, 5.74) is 18.4. The van der Waals surface area contributed by atoms with Crippen molar-refractivity contribution in [3.8, 4) is 0 Å². The number of H-pyrrole nitrogens is 1. The van der Waals surface area contributed by atoms with Crippen LogP contribution in [-0.2, 0) is 56.0 Å². The fourth-order valence-corrected chi connectivity index (χ4v) is 8.94. The van der Waals surface area contributed by atoms with E-state index in [4.69, 9.17) is 28.0 Å². The second-order valence-corrected chi connectivity index (χ2v) is 18.5. The number of hydrogen-bond donors (Lipinski definition) is 15. The predicted octanol–water partition coefficient (Wildman–Crippen LogP) is -2.29. The quantitative estimate of drug-likeness (QED) is 0.0409. The molecule has 2 aliphatic rings. The Morgan fingerprint density at radius 1 is 0.773 bits per heavy atom. The van der Waals surface area contributed by atoms with Crippen LogP contribution in [0.25, 0.3) is 10.9 Å². The molecular weight excluding hydrogens is 976 g/mol. The zero-order valence-electron chi connectivity index (χ0n) is 41.8. The third-order valence-corrected chi connectivity index (χ3v) is 12.8. The molecule has 2 aliphatic heterocycles. The van der Waals surface area contributed by atoms with E-state index in [2.05, 4.69) is 52.8 Å². The summed E-state index contributed by atoms with van der Waals surface area (Å²) in [6.07, 6.45) is 1.72. The van der Waals surface area contributed by atoms with Gasteiger partial charge in [0.25, 0.3) is 0 Å². The zero-order chi connectivity index (χ0) is 54.6. The second kappa shape index (κ2) is 28.2. The molecule has 2 saturated heterocycles. The smallest absolute Gasteiger partial charge is 0.245 e. The molecule has 2 unspecified atom stereocenters. The Labute approximate surface area is 432 Å². The minimum atomic E-state index is -1.45. The highest BCUT2D eigenvalue weighted by Crippen LogP contribution is 2.22. The summed E-state index contributed by atoms with van der Waals surface area (Å²) >= 11 is 0. The Balaban J connectivity index is 1.51. The van der Waals surface area contributed by atoms with E-state index in [1.165, 1.54) is 36.1 Å². The fourth-order valence-electron chi connectivity index (χ4n) is 8.94. The Kier molecular flexibility index (Phi) is 21.7. The van der Waals surface area contributed by atoms with Crippen molar-refractivity contribution in [3.05, 3.63) is 71.7 Å². The lowest BCUT2D eigenvalue weighted by Gasteiger charge is -2.31. The molecule has 0 saturated carbocycles. The molecule has 406 valence electrons. The summed E-state index contributed by atoms with van der Waals surface area (Å²) in [6, 6.07) is 3.16. The maximum absolute atomic E-state index is 14.6. The summed E-state index contributed by atoms with van der Waals surface area (Å²) in [5.74, 6) is -7.97. The summed E-state index contributed by atoms with van der Waals surface area (Å²) in [5, 5.41) is 39.8. The molecule has 0 spiro atoms. The average Bonchev–Trinajstić information content (AvgIpc) is 4.03. The molecule has 7 atom stereocenters. The van der Waals surface area contributed by atoms with Crippen molar-refractivity contribution in [2.45, 2.75) is 126 Å². The van der Waals surface area contributed by atoms with Gasteiger partial charge in [-0.25, -0.2) is 4.39 Å². The molecule has 3 aromatic rings. The molecule has 0 aliphatic carbocycles. The third-order valence-electron chi connectivity index (χ3n) is 12.8. The van der Waals surface area contributed by atoms with Crippen LogP contribution in [0, 0.1) is 16.6 Å². The first kappa shape index (κ1) is 57.6. The zero-order valence-corrected chi connectivity index (χ0v) is 41.8. The topological polar surface area (TPSA) is 407 Å². The monoisotopic (exact) mass is 1040 g/mol. The number of halogens is 1. The number of aromatic nitrogens is 1. The number of fused-ring (bicyclic) bond motifs is 2. The highest BCUT2D eigenvalue weighted by atomic mass is 19.1. The fraction of sp³-hybridized carbons (Fsp3) is 0.490. The van der Waals surface area contributed by atoms with E-state index < -0.39 is 101 Å². The van der Waals surface area contributed by atoms with Gasteiger partial charge >= 0.3 is 0 Å². The van der Waals surface area contributed by atoms with Gasteiger partial charge in [0.2, 0.25) is 53.2 Å². The molecule has 0 radical (unpaired) electrons. The van der Waals surface area contributed by atoms with E-state index in [0.717, 1.165) is 10.9 Å². The number of amides is 9. The standard InChI is InChI=1S/C49H69FN16O9/c1-27(67)60-34(11-5-21-57-48(52)53)42(70)63-36-18-19-40(68)56-20-4-10-33(41(51)69)61-45(73)38(25-29-26-59-32-9-3-2-8-31(29)32)64-43(71)35(12-6-22-58-49(54)55)62-44(72)37(24-28-14-16-30(50)17-15-28)65-46(74)39-13-7-23-66(39)47(36)75/h2-3,8-9,14-17,26,33-39,59H,4-7,10-13,18-25H2,1H3,(H2,51,69)(H,56,68)(H,60,67)(H,61,73)(H,62,72)(H,63,70)(H,64,71)(H,65,74)(H4,52,53,57)(H4,54,55,58)/t33-,34?,35?,36-,37+,38-,39-/m0/s1. The Bertz CT molecular complexity index is 2560. The predicted molar refractivity (Wildman–Crippen MR) is 273 cm³/mol. The van der Waals surface area contributed by atoms with Crippen LogP contribution >= 0.6 is 0 Å². The molecule has 0 bridgehead atoms. The maximum atomic E-state index is 14.6. The lowest BCUT2D eigenvalue weighted by Crippen LogP contribution is -2.60. The molecule has 5 rings (SSSR count). The molecule has 2 fully saturated rings. The largest absolute Gasteiger partial charge is 0.370 e. The number of guanidine groups is 2. The lowest BCUT2D eigenvalue weighted by atomic mass is 10.0. The molecule has 25 nitrogen and oxygen atoms in total. The van der Waals surface area contributed by atoms with E-state index in [0.29, 0.717) is 17.5 Å². The number of aromatic amines is 1. The van der Waals surface area contributed by atoms with Gasteiger partial charge in [0.15, 0.2) is 11.9 Å². The van der Waals surface area contributed by atoms with E-state index in [1.54, 1.807) is 12.3 Å². The summed E-state index contributed by atoms with van der Waals surface area (Å²) in [4.78, 5) is 129. The van der Waals surface area contributed by atoms with E-state index in [1.807, 2.05) is 18.2 Å². The summed E-state index contributed by atoms with van der Waals surface area (Å²) in [6.45, 7) is 1.53. The molecule has 2 aromatic carbocycles. The number of carbonyl (C=O) groups is 9. The Morgan fingerprint density at radius 3 is 2.11 bits per heavy atom. The van der Waals surface area contributed by atoms with Crippen molar-refractivity contribution in [3.63, 3.8) is 0 Å². The molecular formula is C49H69FN16O9. The molecule has 1 aromatic heterocycles. The first-order valence-electron chi connectivity index (χ1n) is 24.9. The van der Waals surface area contributed by atoms with Gasteiger partial charge < -0.3 is 74.9 Å². The SMILES string of the molecule is CC(=O)NC(CCCNC(=N)N)C(=O)N[C@H]1CCC(=O)NCCC[C@@H](C(N)=O)NC(=O)[C@H](Cc2c[nH]c3ccccc23)NC(=O)C(CCCNC(=N)N)NC(=O)[C@@H](Cc2ccc(F)cc2)NC(=O)[C@@H]2CCCN2C1=O. The van der Waals surface area contributed by atoms with E-state index in [-0.39, 0.29) is 109 Å². The van der Waals surface area contributed by atoms with Crippen LogP contribution in [0.2, 0.25) is 0 Å². The number of benzene rings is 2. The Morgan fingerprint density at radius 2 is 1.41 bits per heavy atom. The van der Waals surface area contributed by atoms with Crippen molar-refractivity contribution >= 4 is 76.0 Å². The van der Waals surface area contributed by atoms with Crippen molar-refractivity contribution < 1.29 is 47.5 Å². The maximum Gasteiger partial charge on any atom is 0.245 e. The molecule has 3 heterocycles. The van der Waals surface area contributed by atoms with Crippen LogP contribution in [0.3, 0.4) is 0 Å².